The van der Waals surface area contributed by atoms with E-state index in [9.17, 15) is 0 Å². The average molecular weight is 154 g/mol. The lowest BCUT2D eigenvalue weighted by molar-refractivity contribution is 0.0998. The van der Waals surface area contributed by atoms with Gasteiger partial charge in [0.05, 0.1) is 18.8 Å². The SMILES string of the molecule is CO[C@@H](C)Cn1cc(C)cn1. The van der Waals surface area contributed by atoms with Crippen LogP contribution in [0, 0.1) is 6.92 Å². The first-order chi connectivity index (χ1) is 5.22. The fourth-order valence-corrected chi connectivity index (χ4v) is 0.905. The van der Waals surface area contributed by atoms with E-state index in [1.165, 1.54) is 5.56 Å². The molecule has 1 heterocycles. The highest BCUT2D eigenvalue weighted by Crippen LogP contribution is 1.97. The van der Waals surface area contributed by atoms with Crippen molar-refractivity contribution in [3.8, 4) is 0 Å². The maximum Gasteiger partial charge on any atom is 0.0739 e. The first-order valence-electron chi connectivity index (χ1n) is 3.74. The molecule has 0 amide bonds. The quantitative estimate of drug-likeness (QED) is 0.654. The summed E-state index contributed by atoms with van der Waals surface area (Å²) in [6.45, 7) is 4.88. The van der Waals surface area contributed by atoms with Crippen LogP contribution in [0.2, 0.25) is 0 Å². The topological polar surface area (TPSA) is 27.1 Å². The number of methoxy groups -OCH3 is 1. The lowest BCUT2D eigenvalue weighted by Gasteiger charge is -2.08. The third-order valence-electron chi connectivity index (χ3n) is 1.61. The summed E-state index contributed by atoms with van der Waals surface area (Å²) in [7, 11) is 1.71. The molecule has 0 radical (unpaired) electrons. The Bertz CT molecular complexity index is 220. The predicted molar refractivity (Wildman–Crippen MR) is 43.4 cm³/mol. The monoisotopic (exact) mass is 154 g/mol. The number of hydrogen-bond donors (Lipinski definition) is 0. The van der Waals surface area contributed by atoms with E-state index in [4.69, 9.17) is 4.74 Å². The Labute approximate surface area is 67.0 Å². The molecule has 11 heavy (non-hydrogen) atoms. The molecular weight excluding hydrogens is 140 g/mol. The maximum absolute atomic E-state index is 5.10. The van der Waals surface area contributed by atoms with E-state index in [2.05, 4.69) is 5.10 Å². The molecule has 0 aliphatic heterocycles. The summed E-state index contributed by atoms with van der Waals surface area (Å²) in [6.07, 6.45) is 4.09. The van der Waals surface area contributed by atoms with Gasteiger partial charge in [-0.15, -0.1) is 0 Å². The number of ether oxygens (including phenoxy) is 1. The Morgan fingerprint density at radius 3 is 2.91 bits per heavy atom. The van der Waals surface area contributed by atoms with E-state index in [1.54, 1.807) is 7.11 Å². The van der Waals surface area contributed by atoms with Crippen molar-refractivity contribution in [2.24, 2.45) is 0 Å². The summed E-state index contributed by atoms with van der Waals surface area (Å²) < 4.78 is 6.99. The Hall–Kier alpha value is -0.830. The van der Waals surface area contributed by atoms with Crippen LogP contribution in [0.1, 0.15) is 12.5 Å². The molecule has 0 fully saturated rings. The maximum atomic E-state index is 5.10. The number of hydrogen-bond acceptors (Lipinski definition) is 2. The van der Waals surface area contributed by atoms with Gasteiger partial charge in [-0.25, -0.2) is 0 Å². The third-order valence-corrected chi connectivity index (χ3v) is 1.61. The minimum atomic E-state index is 0.231. The minimum absolute atomic E-state index is 0.231. The van der Waals surface area contributed by atoms with Crippen LogP contribution in [0.4, 0.5) is 0 Å². The zero-order chi connectivity index (χ0) is 8.27. The number of aryl methyl sites for hydroxylation is 1. The first-order valence-corrected chi connectivity index (χ1v) is 3.74. The number of aromatic nitrogens is 2. The molecule has 0 aromatic carbocycles. The first kappa shape index (κ1) is 8.27. The fraction of sp³-hybridized carbons (Fsp3) is 0.625. The summed E-state index contributed by atoms with van der Waals surface area (Å²) in [4.78, 5) is 0. The second-order valence-electron chi connectivity index (χ2n) is 2.79. The third kappa shape index (κ3) is 2.35. The van der Waals surface area contributed by atoms with Crippen LogP contribution in [0.3, 0.4) is 0 Å². The second kappa shape index (κ2) is 3.53. The predicted octanol–water partition coefficient (Wildman–Crippen LogP) is 1.23. The van der Waals surface area contributed by atoms with Gasteiger partial charge < -0.3 is 4.74 Å². The van der Waals surface area contributed by atoms with Crippen molar-refractivity contribution in [2.45, 2.75) is 26.5 Å². The van der Waals surface area contributed by atoms with Gasteiger partial charge in [-0.2, -0.15) is 5.10 Å². The van der Waals surface area contributed by atoms with Crippen molar-refractivity contribution in [3.63, 3.8) is 0 Å². The van der Waals surface area contributed by atoms with Crippen molar-refractivity contribution in [3.05, 3.63) is 18.0 Å². The van der Waals surface area contributed by atoms with Gasteiger partial charge in [-0.3, -0.25) is 4.68 Å². The molecule has 0 spiro atoms. The molecule has 3 heteroatoms. The van der Waals surface area contributed by atoms with Crippen LogP contribution in [-0.2, 0) is 11.3 Å². The molecule has 62 valence electrons. The molecular formula is C8H14N2O. The van der Waals surface area contributed by atoms with Gasteiger partial charge in [0.25, 0.3) is 0 Å². The van der Waals surface area contributed by atoms with Crippen LogP contribution in [-0.4, -0.2) is 23.0 Å². The second-order valence-corrected chi connectivity index (χ2v) is 2.79. The van der Waals surface area contributed by atoms with E-state index >= 15 is 0 Å². The normalized spacial score (nSPS) is 13.4. The van der Waals surface area contributed by atoms with Crippen LogP contribution in [0.25, 0.3) is 0 Å². The lowest BCUT2D eigenvalue weighted by atomic mass is 10.4. The minimum Gasteiger partial charge on any atom is -0.380 e. The van der Waals surface area contributed by atoms with E-state index in [1.807, 2.05) is 30.9 Å². The molecule has 3 nitrogen and oxygen atoms in total. The van der Waals surface area contributed by atoms with Crippen molar-refractivity contribution in [2.75, 3.05) is 7.11 Å². The van der Waals surface area contributed by atoms with Gasteiger partial charge in [0, 0.05) is 13.3 Å². The van der Waals surface area contributed by atoms with Crippen molar-refractivity contribution in [1.29, 1.82) is 0 Å². The Morgan fingerprint density at radius 1 is 1.73 bits per heavy atom. The van der Waals surface area contributed by atoms with Crippen molar-refractivity contribution >= 4 is 0 Å². The highest BCUT2D eigenvalue weighted by molar-refractivity contribution is 4.99. The molecule has 0 bridgehead atoms. The summed E-state index contributed by atoms with van der Waals surface area (Å²) in [5.41, 5.74) is 1.19. The molecule has 1 atom stereocenters. The van der Waals surface area contributed by atoms with Gasteiger partial charge in [0.1, 0.15) is 0 Å². The molecule has 0 aliphatic rings. The lowest BCUT2D eigenvalue weighted by Crippen LogP contribution is -2.14. The molecule has 0 saturated heterocycles. The van der Waals surface area contributed by atoms with Gasteiger partial charge in [-0.1, -0.05) is 0 Å². The standard InChI is InChI=1S/C8H14N2O/c1-7-4-9-10(5-7)6-8(2)11-3/h4-5,8H,6H2,1-3H3/t8-/m0/s1. The van der Waals surface area contributed by atoms with Gasteiger partial charge in [0.2, 0.25) is 0 Å². The Kier molecular flexibility index (Phi) is 2.65. The van der Waals surface area contributed by atoms with Gasteiger partial charge in [-0.05, 0) is 19.4 Å². The van der Waals surface area contributed by atoms with Crippen LogP contribution < -0.4 is 0 Å². The molecule has 0 N–H and O–H groups in total. The summed E-state index contributed by atoms with van der Waals surface area (Å²) in [5.74, 6) is 0. The molecule has 1 aromatic heterocycles. The van der Waals surface area contributed by atoms with Crippen LogP contribution >= 0.6 is 0 Å². The van der Waals surface area contributed by atoms with E-state index in [0.717, 1.165) is 6.54 Å². The summed E-state index contributed by atoms with van der Waals surface area (Å²) in [5, 5.41) is 4.14. The van der Waals surface area contributed by atoms with E-state index in [0.29, 0.717) is 0 Å². The van der Waals surface area contributed by atoms with Gasteiger partial charge >= 0.3 is 0 Å². The van der Waals surface area contributed by atoms with Crippen LogP contribution in [0.15, 0.2) is 12.4 Å². The summed E-state index contributed by atoms with van der Waals surface area (Å²) in [6, 6.07) is 0. The highest BCUT2D eigenvalue weighted by Gasteiger charge is 2.00. The summed E-state index contributed by atoms with van der Waals surface area (Å²) >= 11 is 0. The largest absolute Gasteiger partial charge is 0.380 e. The molecule has 1 rings (SSSR count). The number of nitrogens with zero attached hydrogens (tertiary/aromatic N) is 2. The average Bonchev–Trinajstić information content (AvgIpc) is 2.35. The molecule has 0 unspecified atom stereocenters. The van der Waals surface area contributed by atoms with E-state index < -0.39 is 0 Å². The van der Waals surface area contributed by atoms with Crippen LogP contribution in [0.5, 0.6) is 0 Å². The zero-order valence-electron chi connectivity index (χ0n) is 7.24. The highest BCUT2D eigenvalue weighted by atomic mass is 16.5. The van der Waals surface area contributed by atoms with Crippen molar-refractivity contribution in [1.82, 2.24) is 9.78 Å². The number of rotatable bonds is 3. The fourth-order valence-electron chi connectivity index (χ4n) is 0.905. The molecule has 0 saturated carbocycles. The van der Waals surface area contributed by atoms with E-state index in [-0.39, 0.29) is 6.10 Å². The zero-order valence-corrected chi connectivity index (χ0v) is 7.24. The Balaban J connectivity index is 2.50. The smallest absolute Gasteiger partial charge is 0.0739 e. The molecule has 1 aromatic rings. The Morgan fingerprint density at radius 2 is 2.45 bits per heavy atom. The molecule has 0 aliphatic carbocycles. The van der Waals surface area contributed by atoms with Gasteiger partial charge in [0.15, 0.2) is 0 Å². The van der Waals surface area contributed by atoms with Crippen molar-refractivity contribution < 1.29 is 4.74 Å².